The molecule has 0 aromatic heterocycles. The molecule has 2 amide bonds. The standard InChI is InChI=1S/C25H49N3O2/c1-4-5-6-7-8-9-10-11-12-13-14-15-18-24(29)26-20-17-22-28(2,3)23-27-21-16-19-25(27)30/h4-23H2,1-3H3/p+1. The molecular formula is C25H50N3O2+. The van der Waals surface area contributed by atoms with Crippen LogP contribution >= 0.6 is 0 Å². The Bertz CT molecular complexity index is 465. The van der Waals surface area contributed by atoms with Crippen LogP contribution in [0.3, 0.4) is 0 Å². The number of hydrogen-bond acceptors (Lipinski definition) is 2. The summed E-state index contributed by atoms with van der Waals surface area (Å²) in [5.74, 6) is 0.485. The molecule has 0 bridgehead atoms. The Labute approximate surface area is 186 Å². The van der Waals surface area contributed by atoms with Crippen LogP contribution in [0.1, 0.15) is 110 Å². The largest absolute Gasteiger partial charge is 0.356 e. The Hall–Kier alpha value is -1.10. The number of nitrogens with one attached hydrogen (secondary N) is 1. The molecule has 30 heavy (non-hydrogen) atoms. The van der Waals surface area contributed by atoms with Crippen LogP contribution < -0.4 is 5.32 Å². The molecule has 5 nitrogen and oxygen atoms in total. The molecule has 0 spiro atoms. The molecule has 1 aliphatic rings. The second kappa shape index (κ2) is 16.6. The molecule has 0 saturated carbocycles. The second-order valence-electron chi connectivity index (χ2n) is 9.90. The number of carbonyl (C=O) groups is 2. The van der Waals surface area contributed by atoms with E-state index in [-0.39, 0.29) is 11.8 Å². The lowest BCUT2D eigenvalue weighted by atomic mass is 10.0. The van der Waals surface area contributed by atoms with Gasteiger partial charge in [0.25, 0.3) is 0 Å². The van der Waals surface area contributed by atoms with E-state index in [4.69, 9.17) is 0 Å². The van der Waals surface area contributed by atoms with Gasteiger partial charge in [-0.15, -0.1) is 0 Å². The fourth-order valence-corrected chi connectivity index (χ4v) is 4.34. The maximum Gasteiger partial charge on any atom is 0.226 e. The van der Waals surface area contributed by atoms with Crippen LogP contribution in [-0.4, -0.2) is 61.6 Å². The van der Waals surface area contributed by atoms with E-state index in [0.717, 1.165) is 50.0 Å². The van der Waals surface area contributed by atoms with Crippen molar-refractivity contribution >= 4 is 11.8 Å². The van der Waals surface area contributed by atoms with Crippen LogP contribution in [-0.2, 0) is 9.59 Å². The fourth-order valence-electron chi connectivity index (χ4n) is 4.34. The van der Waals surface area contributed by atoms with Crippen LogP contribution in [0, 0.1) is 0 Å². The third-order valence-corrected chi connectivity index (χ3v) is 6.24. The average molecular weight is 425 g/mol. The summed E-state index contributed by atoms with van der Waals surface area (Å²) in [5, 5.41) is 3.07. The van der Waals surface area contributed by atoms with Gasteiger partial charge in [0.05, 0.1) is 20.6 Å². The minimum Gasteiger partial charge on any atom is -0.356 e. The molecule has 0 radical (unpaired) electrons. The van der Waals surface area contributed by atoms with Gasteiger partial charge in [0.15, 0.2) is 6.67 Å². The van der Waals surface area contributed by atoms with Crippen molar-refractivity contribution in [3.05, 3.63) is 0 Å². The Morgan fingerprint density at radius 1 is 0.900 bits per heavy atom. The van der Waals surface area contributed by atoms with Gasteiger partial charge in [-0.3, -0.25) is 14.5 Å². The highest BCUT2D eigenvalue weighted by Crippen LogP contribution is 2.13. The van der Waals surface area contributed by atoms with Gasteiger partial charge in [0.1, 0.15) is 0 Å². The maximum absolute atomic E-state index is 12.0. The zero-order chi connectivity index (χ0) is 22.1. The summed E-state index contributed by atoms with van der Waals surface area (Å²) in [7, 11) is 4.33. The predicted octanol–water partition coefficient (Wildman–Crippen LogP) is 5.24. The van der Waals surface area contributed by atoms with Crippen molar-refractivity contribution in [2.45, 2.75) is 110 Å². The number of rotatable bonds is 19. The summed E-state index contributed by atoms with van der Waals surface area (Å²) in [6.07, 6.45) is 19.2. The van der Waals surface area contributed by atoms with Crippen molar-refractivity contribution in [3.63, 3.8) is 0 Å². The summed E-state index contributed by atoms with van der Waals surface area (Å²) >= 11 is 0. The SMILES string of the molecule is CCCCCCCCCCCCCCC(=O)NCCC[N+](C)(C)CN1CCCC1=O. The van der Waals surface area contributed by atoms with E-state index in [0.29, 0.717) is 12.8 Å². The van der Waals surface area contributed by atoms with Crippen LogP contribution in [0.2, 0.25) is 0 Å². The zero-order valence-corrected chi connectivity index (χ0v) is 20.4. The van der Waals surface area contributed by atoms with E-state index in [2.05, 4.69) is 26.3 Å². The molecule has 1 heterocycles. The lowest BCUT2D eigenvalue weighted by Gasteiger charge is -2.33. The van der Waals surface area contributed by atoms with Crippen molar-refractivity contribution in [1.29, 1.82) is 0 Å². The third-order valence-electron chi connectivity index (χ3n) is 6.24. The molecule has 1 aliphatic heterocycles. The number of carbonyl (C=O) groups excluding carboxylic acids is 2. The lowest BCUT2D eigenvalue weighted by Crippen LogP contribution is -2.50. The first-order chi connectivity index (χ1) is 14.4. The maximum atomic E-state index is 12.0. The summed E-state index contributed by atoms with van der Waals surface area (Å²) in [6, 6.07) is 0. The van der Waals surface area contributed by atoms with Crippen LogP contribution in [0.25, 0.3) is 0 Å². The first-order valence-corrected chi connectivity index (χ1v) is 12.8. The highest BCUT2D eigenvalue weighted by Gasteiger charge is 2.27. The van der Waals surface area contributed by atoms with Crippen LogP contribution in [0.15, 0.2) is 0 Å². The van der Waals surface area contributed by atoms with Crippen LogP contribution in [0.5, 0.6) is 0 Å². The Morgan fingerprint density at radius 3 is 2.00 bits per heavy atom. The van der Waals surface area contributed by atoms with Crippen molar-refractivity contribution in [2.75, 3.05) is 40.4 Å². The molecule has 0 aromatic carbocycles. The molecule has 1 fully saturated rings. The Balaban J connectivity index is 1.88. The van der Waals surface area contributed by atoms with Gasteiger partial charge >= 0.3 is 0 Å². The van der Waals surface area contributed by atoms with E-state index < -0.39 is 0 Å². The highest BCUT2D eigenvalue weighted by molar-refractivity contribution is 5.77. The summed E-state index contributed by atoms with van der Waals surface area (Å²) in [6.45, 7) is 5.67. The van der Waals surface area contributed by atoms with Crippen molar-refractivity contribution in [1.82, 2.24) is 10.2 Å². The van der Waals surface area contributed by atoms with Gasteiger partial charge < -0.3 is 9.80 Å². The van der Waals surface area contributed by atoms with Crippen molar-refractivity contribution < 1.29 is 14.1 Å². The molecule has 0 aromatic rings. The first-order valence-electron chi connectivity index (χ1n) is 12.8. The van der Waals surface area contributed by atoms with Crippen molar-refractivity contribution in [2.24, 2.45) is 0 Å². The van der Waals surface area contributed by atoms with Gasteiger partial charge in [-0.1, -0.05) is 77.6 Å². The number of nitrogens with zero attached hydrogens (tertiary/aromatic N) is 2. The lowest BCUT2D eigenvalue weighted by molar-refractivity contribution is -0.898. The van der Waals surface area contributed by atoms with Gasteiger partial charge in [-0.2, -0.15) is 0 Å². The van der Waals surface area contributed by atoms with Crippen LogP contribution in [0.4, 0.5) is 0 Å². The zero-order valence-electron chi connectivity index (χ0n) is 20.4. The van der Waals surface area contributed by atoms with Gasteiger partial charge in [0.2, 0.25) is 11.8 Å². The normalized spacial score (nSPS) is 14.5. The number of quaternary nitrogens is 1. The molecule has 1 N–H and O–H groups in total. The van der Waals surface area contributed by atoms with E-state index >= 15 is 0 Å². The number of hydrogen-bond donors (Lipinski definition) is 1. The molecule has 176 valence electrons. The summed E-state index contributed by atoms with van der Waals surface area (Å²) in [4.78, 5) is 25.8. The average Bonchev–Trinajstić information content (AvgIpc) is 3.10. The van der Waals surface area contributed by atoms with Gasteiger partial charge in [-0.05, 0) is 12.8 Å². The molecular weight excluding hydrogens is 374 g/mol. The molecule has 1 saturated heterocycles. The molecule has 0 aliphatic carbocycles. The summed E-state index contributed by atoms with van der Waals surface area (Å²) < 4.78 is 0.806. The topological polar surface area (TPSA) is 49.4 Å². The van der Waals surface area contributed by atoms with E-state index in [1.54, 1.807) is 0 Å². The number of unbranched alkanes of at least 4 members (excludes halogenated alkanes) is 11. The monoisotopic (exact) mass is 424 g/mol. The Morgan fingerprint density at radius 2 is 1.47 bits per heavy atom. The smallest absolute Gasteiger partial charge is 0.226 e. The minimum atomic E-state index is 0.196. The summed E-state index contributed by atoms with van der Waals surface area (Å²) in [5.41, 5.74) is 0. The molecule has 1 rings (SSSR count). The first kappa shape index (κ1) is 26.9. The predicted molar refractivity (Wildman–Crippen MR) is 126 cm³/mol. The fraction of sp³-hybridized carbons (Fsp3) is 0.920. The van der Waals surface area contributed by atoms with Gasteiger partial charge in [-0.25, -0.2) is 0 Å². The van der Waals surface area contributed by atoms with Crippen molar-refractivity contribution in [3.8, 4) is 0 Å². The van der Waals surface area contributed by atoms with E-state index in [9.17, 15) is 9.59 Å². The Kier molecular flexibility index (Phi) is 14.9. The quantitative estimate of drug-likeness (QED) is 0.228. The van der Waals surface area contributed by atoms with E-state index in [1.165, 1.54) is 70.6 Å². The molecule has 0 unspecified atom stereocenters. The number of amides is 2. The second-order valence-corrected chi connectivity index (χ2v) is 9.90. The molecule has 0 atom stereocenters. The van der Waals surface area contributed by atoms with Gasteiger partial charge in [0, 0.05) is 32.4 Å². The molecule has 5 heteroatoms. The van der Waals surface area contributed by atoms with E-state index in [1.807, 2.05) is 4.90 Å². The highest BCUT2D eigenvalue weighted by atomic mass is 16.2. The minimum absolute atomic E-state index is 0.196. The number of likely N-dealkylation sites (tertiary alicyclic amines) is 1. The third kappa shape index (κ3) is 14.0.